The fourth-order valence-electron chi connectivity index (χ4n) is 6.45. The minimum absolute atomic E-state index is 0.132. The zero-order chi connectivity index (χ0) is 25.8. The number of aromatic nitrogens is 2. The van der Waals surface area contributed by atoms with Gasteiger partial charge in [0.05, 0.1) is 5.52 Å². The van der Waals surface area contributed by atoms with Crippen molar-refractivity contribution in [1.82, 2.24) is 15.3 Å². The average molecular weight is 500 g/mol. The maximum atomic E-state index is 13.3. The molecule has 0 spiro atoms. The van der Waals surface area contributed by atoms with Crippen molar-refractivity contribution < 1.29 is 4.79 Å². The van der Waals surface area contributed by atoms with Crippen LogP contribution in [-0.2, 0) is 0 Å². The van der Waals surface area contributed by atoms with Gasteiger partial charge in [0.15, 0.2) is 5.78 Å². The Morgan fingerprint density at radius 2 is 1.54 bits per heavy atom. The molecule has 1 heterocycles. The van der Waals surface area contributed by atoms with Crippen molar-refractivity contribution in [3.05, 3.63) is 60.2 Å². The van der Waals surface area contributed by atoms with Gasteiger partial charge in [0.25, 0.3) is 0 Å². The summed E-state index contributed by atoms with van der Waals surface area (Å²) >= 11 is 0. The fourth-order valence-corrected chi connectivity index (χ4v) is 6.45. The van der Waals surface area contributed by atoms with Crippen molar-refractivity contribution in [2.75, 3.05) is 24.3 Å². The second-order valence-corrected chi connectivity index (χ2v) is 11.2. The van der Waals surface area contributed by atoms with Gasteiger partial charge in [0.2, 0.25) is 5.95 Å². The zero-order valence-corrected chi connectivity index (χ0v) is 22.5. The second kappa shape index (κ2) is 11.6. The Hall–Kier alpha value is -2.99. The molecule has 2 fully saturated rings. The number of rotatable bonds is 8. The summed E-state index contributed by atoms with van der Waals surface area (Å²) < 4.78 is 0. The van der Waals surface area contributed by atoms with Crippen LogP contribution in [0.5, 0.6) is 0 Å². The molecule has 5 rings (SSSR count). The highest BCUT2D eigenvalue weighted by Crippen LogP contribution is 2.35. The van der Waals surface area contributed by atoms with Crippen molar-refractivity contribution in [2.24, 2.45) is 11.8 Å². The lowest BCUT2D eigenvalue weighted by molar-refractivity contribution is 0.0779. The molecule has 2 aliphatic carbocycles. The van der Waals surface area contributed by atoms with E-state index in [4.69, 9.17) is 9.97 Å². The first kappa shape index (κ1) is 25.7. The Labute approximate surface area is 221 Å². The summed E-state index contributed by atoms with van der Waals surface area (Å²) in [6.07, 6.45) is 8.98. The number of carbonyl (C=O) groups is 1. The van der Waals surface area contributed by atoms with Crippen LogP contribution in [0.25, 0.3) is 10.9 Å². The van der Waals surface area contributed by atoms with E-state index in [-0.39, 0.29) is 5.92 Å². The Balaban J connectivity index is 1.17. The molecular formula is C31H41N5O. The maximum Gasteiger partial charge on any atom is 0.225 e. The highest BCUT2D eigenvalue weighted by Gasteiger charge is 2.36. The predicted octanol–water partition coefficient (Wildman–Crippen LogP) is 6.09. The Kier molecular flexibility index (Phi) is 8.04. The Morgan fingerprint density at radius 1 is 0.865 bits per heavy atom. The van der Waals surface area contributed by atoms with Gasteiger partial charge in [-0.15, -0.1) is 0 Å². The lowest BCUT2D eigenvalue weighted by Gasteiger charge is -2.38. The third-order valence-electron chi connectivity index (χ3n) is 8.42. The van der Waals surface area contributed by atoms with Crippen molar-refractivity contribution in [1.29, 1.82) is 0 Å². The molecule has 6 heteroatoms. The highest BCUT2D eigenvalue weighted by atomic mass is 16.1. The van der Waals surface area contributed by atoms with E-state index in [1.54, 1.807) is 0 Å². The molecule has 3 atom stereocenters. The first-order chi connectivity index (χ1) is 18.0. The molecule has 3 aromatic rings. The lowest BCUT2D eigenvalue weighted by Crippen LogP contribution is -2.47. The predicted molar refractivity (Wildman–Crippen MR) is 152 cm³/mol. The van der Waals surface area contributed by atoms with E-state index in [1.807, 2.05) is 56.6 Å². The Morgan fingerprint density at radius 3 is 2.30 bits per heavy atom. The van der Waals surface area contributed by atoms with Crippen LogP contribution in [-0.4, -0.2) is 48.0 Å². The van der Waals surface area contributed by atoms with Gasteiger partial charge in [0, 0.05) is 49.1 Å². The number of benzene rings is 2. The molecule has 0 amide bonds. The quantitative estimate of drug-likeness (QED) is 0.366. The van der Waals surface area contributed by atoms with Gasteiger partial charge in [0.1, 0.15) is 5.82 Å². The summed E-state index contributed by atoms with van der Waals surface area (Å²) in [5.41, 5.74) is 1.84. The molecule has 0 aliphatic heterocycles. The first-order valence-corrected chi connectivity index (χ1v) is 14.1. The maximum absolute atomic E-state index is 13.3. The minimum Gasteiger partial charge on any atom is -0.362 e. The number of nitrogens with one attached hydrogen (secondary N) is 2. The summed E-state index contributed by atoms with van der Waals surface area (Å²) in [6, 6.07) is 19.3. The summed E-state index contributed by atoms with van der Waals surface area (Å²) in [6.45, 7) is 2.30. The number of anilines is 2. The van der Waals surface area contributed by atoms with E-state index in [1.165, 1.54) is 6.42 Å². The standard InChI is InChI=1S/C31H41N5O/c1-21(25-13-7-8-14-26(25)29(37)22-11-5-4-6-12-22)32-23-17-19-24(20-18-23)33-31-34-28-16-10-9-15-27(28)30(35-31)36(2)3/h4-6,9-12,15-16,21,23-26,32H,7-8,13-14,17-20H2,1-3H3,(H,33,34,35)/t21?,23-,24+,25-,26+/m0/s1. The van der Waals surface area contributed by atoms with E-state index in [2.05, 4.69) is 34.6 Å². The van der Waals surface area contributed by atoms with Crippen LogP contribution in [0, 0.1) is 11.8 Å². The van der Waals surface area contributed by atoms with E-state index in [9.17, 15) is 4.79 Å². The molecule has 37 heavy (non-hydrogen) atoms. The molecule has 0 bridgehead atoms. The van der Waals surface area contributed by atoms with Crippen molar-refractivity contribution >= 4 is 28.5 Å². The normalized spacial score (nSPS) is 24.9. The molecule has 6 nitrogen and oxygen atoms in total. The molecule has 1 aromatic heterocycles. The molecule has 2 saturated carbocycles. The number of para-hydroxylation sites is 1. The van der Waals surface area contributed by atoms with Crippen molar-refractivity contribution in [3.8, 4) is 0 Å². The van der Waals surface area contributed by atoms with Crippen LogP contribution in [0.3, 0.4) is 0 Å². The molecular weight excluding hydrogens is 458 g/mol. The SMILES string of the molecule is CC(N[C@H]1CC[C@@H](Nc2nc(N(C)C)c3ccccc3n2)CC1)[C@@H]1CCCC[C@H]1C(=O)c1ccccc1. The smallest absolute Gasteiger partial charge is 0.225 e. The third kappa shape index (κ3) is 5.96. The Bertz CT molecular complexity index is 1190. The molecule has 0 radical (unpaired) electrons. The largest absolute Gasteiger partial charge is 0.362 e. The van der Waals surface area contributed by atoms with Gasteiger partial charge in [-0.05, 0) is 63.5 Å². The summed E-state index contributed by atoms with van der Waals surface area (Å²) in [4.78, 5) is 25.0. The summed E-state index contributed by atoms with van der Waals surface area (Å²) in [5.74, 6) is 2.54. The van der Waals surface area contributed by atoms with Gasteiger partial charge in [-0.3, -0.25) is 4.79 Å². The van der Waals surface area contributed by atoms with Gasteiger partial charge in [-0.2, -0.15) is 4.98 Å². The number of nitrogens with zero attached hydrogens (tertiary/aromatic N) is 3. The summed E-state index contributed by atoms with van der Waals surface area (Å²) in [5, 5.41) is 8.64. The molecule has 196 valence electrons. The van der Waals surface area contributed by atoms with Gasteiger partial charge < -0.3 is 15.5 Å². The van der Waals surface area contributed by atoms with Crippen LogP contribution in [0.1, 0.15) is 68.6 Å². The number of ketones is 1. The van der Waals surface area contributed by atoms with Crippen LogP contribution >= 0.6 is 0 Å². The van der Waals surface area contributed by atoms with Crippen LogP contribution < -0.4 is 15.5 Å². The van der Waals surface area contributed by atoms with Crippen molar-refractivity contribution in [2.45, 2.75) is 76.4 Å². The monoisotopic (exact) mass is 499 g/mol. The average Bonchev–Trinajstić information content (AvgIpc) is 2.93. The minimum atomic E-state index is 0.132. The van der Waals surface area contributed by atoms with Crippen LogP contribution in [0.15, 0.2) is 54.6 Å². The van der Waals surface area contributed by atoms with E-state index < -0.39 is 0 Å². The number of hydrogen-bond acceptors (Lipinski definition) is 6. The highest BCUT2D eigenvalue weighted by molar-refractivity contribution is 5.98. The molecule has 0 saturated heterocycles. The number of hydrogen-bond donors (Lipinski definition) is 2. The van der Waals surface area contributed by atoms with Gasteiger partial charge >= 0.3 is 0 Å². The topological polar surface area (TPSA) is 70.2 Å². The van der Waals surface area contributed by atoms with E-state index >= 15 is 0 Å². The van der Waals surface area contributed by atoms with Gasteiger partial charge in [-0.25, -0.2) is 4.98 Å². The molecule has 2 aliphatic rings. The van der Waals surface area contributed by atoms with E-state index in [0.717, 1.165) is 73.2 Å². The molecule has 1 unspecified atom stereocenters. The third-order valence-corrected chi connectivity index (χ3v) is 8.42. The first-order valence-electron chi connectivity index (χ1n) is 14.1. The second-order valence-electron chi connectivity index (χ2n) is 11.2. The van der Waals surface area contributed by atoms with Crippen molar-refractivity contribution in [3.63, 3.8) is 0 Å². The fraction of sp³-hybridized carbons (Fsp3) is 0.516. The van der Waals surface area contributed by atoms with Gasteiger partial charge in [-0.1, -0.05) is 55.3 Å². The van der Waals surface area contributed by atoms with Crippen LogP contribution in [0.2, 0.25) is 0 Å². The number of fused-ring (bicyclic) bond motifs is 1. The molecule has 2 aromatic carbocycles. The van der Waals surface area contributed by atoms with E-state index in [0.29, 0.717) is 29.8 Å². The lowest BCUT2D eigenvalue weighted by atomic mass is 9.72. The number of carbonyl (C=O) groups excluding carboxylic acids is 1. The number of Topliss-reactive ketones (excluding diaryl/α,β-unsaturated/α-hetero) is 1. The summed E-state index contributed by atoms with van der Waals surface area (Å²) in [7, 11) is 4.06. The molecule has 2 N–H and O–H groups in total. The zero-order valence-electron chi connectivity index (χ0n) is 22.5. The van der Waals surface area contributed by atoms with Crippen LogP contribution in [0.4, 0.5) is 11.8 Å².